The van der Waals surface area contributed by atoms with Crippen molar-refractivity contribution < 1.29 is 32.0 Å². The number of hydrogen-bond acceptors (Lipinski definition) is 7. The fraction of sp³-hybridized carbons (Fsp3) is 0.136. The Morgan fingerprint density at radius 2 is 1.74 bits per heavy atom. The zero-order valence-electron chi connectivity index (χ0n) is 16.5. The Balaban J connectivity index is 1.62. The Kier molecular flexibility index (Phi) is 6.66. The average molecular weight is 441 g/mol. The van der Waals surface area contributed by atoms with E-state index in [1.165, 1.54) is 37.5 Å². The van der Waals surface area contributed by atoms with Crippen LogP contribution in [-0.2, 0) is 25.1 Å². The lowest BCUT2D eigenvalue weighted by molar-refractivity contribution is -0.119. The molecule has 0 aliphatic heterocycles. The van der Waals surface area contributed by atoms with E-state index in [2.05, 4.69) is 5.32 Å². The third kappa shape index (κ3) is 5.67. The molecule has 31 heavy (non-hydrogen) atoms. The summed E-state index contributed by atoms with van der Waals surface area (Å²) in [7, 11) is -3.70. The smallest absolute Gasteiger partial charge is 0.375 e. The van der Waals surface area contributed by atoms with Crippen molar-refractivity contribution in [2.75, 3.05) is 11.9 Å². The number of esters is 1. The summed E-state index contributed by atoms with van der Waals surface area (Å²) in [6.07, 6.45) is 1.18. The summed E-state index contributed by atoms with van der Waals surface area (Å²) in [5.41, 5.74) is 0.930. The van der Waals surface area contributed by atoms with E-state index in [4.69, 9.17) is 9.15 Å². The van der Waals surface area contributed by atoms with Gasteiger partial charge in [-0.1, -0.05) is 30.3 Å². The number of nitrogens with one attached hydrogen (secondary N) is 1. The minimum atomic E-state index is -3.70. The SMILES string of the molecule is CC(=O)c1cccc(NC(=O)COC(=O)c2occc2CS(=O)(=O)c2ccccc2)c1. The second-order valence-corrected chi connectivity index (χ2v) is 8.60. The number of rotatable bonds is 8. The summed E-state index contributed by atoms with van der Waals surface area (Å²) >= 11 is 0. The van der Waals surface area contributed by atoms with Gasteiger partial charge in [0, 0.05) is 16.8 Å². The zero-order chi connectivity index (χ0) is 22.4. The lowest BCUT2D eigenvalue weighted by Crippen LogP contribution is -2.21. The van der Waals surface area contributed by atoms with Crippen LogP contribution in [0.3, 0.4) is 0 Å². The number of Topliss-reactive ketones (excluding diaryl/α,β-unsaturated/α-hetero) is 1. The van der Waals surface area contributed by atoms with E-state index in [0.717, 1.165) is 0 Å². The highest BCUT2D eigenvalue weighted by molar-refractivity contribution is 7.90. The van der Waals surface area contributed by atoms with Gasteiger partial charge in [-0.05, 0) is 37.3 Å². The van der Waals surface area contributed by atoms with E-state index < -0.39 is 34.1 Å². The van der Waals surface area contributed by atoms with Crippen molar-refractivity contribution in [2.45, 2.75) is 17.6 Å². The van der Waals surface area contributed by atoms with E-state index in [1.807, 2.05) is 0 Å². The number of sulfone groups is 1. The molecule has 9 heteroatoms. The number of carbonyl (C=O) groups excluding carboxylic acids is 3. The van der Waals surface area contributed by atoms with Gasteiger partial charge in [0.2, 0.25) is 5.76 Å². The molecule has 0 atom stereocenters. The molecule has 0 bridgehead atoms. The van der Waals surface area contributed by atoms with E-state index in [0.29, 0.717) is 11.3 Å². The maximum atomic E-state index is 12.5. The standard InChI is InChI=1S/C22H19NO7S/c1-15(24)16-6-5-7-18(12-16)23-20(25)13-30-22(26)21-17(10-11-29-21)14-31(27,28)19-8-3-2-4-9-19/h2-12H,13-14H2,1H3,(H,23,25). The van der Waals surface area contributed by atoms with E-state index in [-0.39, 0.29) is 22.0 Å². The number of benzene rings is 2. The number of anilines is 1. The van der Waals surface area contributed by atoms with Crippen LogP contribution < -0.4 is 5.32 Å². The lowest BCUT2D eigenvalue weighted by atomic mass is 10.1. The molecule has 1 heterocycles. The topological polar surface area (TPSA) is 120 Å². The summed E-state index contributed by atoms with van der Waals surface area (Å²) in [4.78, 5) is 35.9. The quantitative estimate of drug-likeness (QED) is 0.421. The van der Waals surface area contributed by atoms with Gasteiger partial charge in [-0.15, -0.1) is 0 Å². The molecule has 3 aromatic rings. The number of carbonyl (C=O) groups is 3. The Labute approximate surface area is 178 Å². The molecule has 0 saturated carbocycles. The van der Waals surface area contributed by atoms with Crippen LogP contribution in [0.25, 0.3) is 0 Å². The second kappa shape index (κ2) is 9.40. The second-order valence-electron chi connectivity index (χ2n) is 6.61. The molecule has 0 spiro atoms. The first-order valence-corrected chi connectivity index (χ1v) is 10.8. The Morgan fingerprint density at radius 3 is 2.45 bits per heavy atom. The molecule has 160 valence electrons. The average Bonchev–Trinajstić information content (AvgIpc) is 3.20. The summed E-state index contributed by atoms with van der Waals surface area (Å²) in [6, 6.07) is 15.5. The molecular weight excluding hydrogens is 422 g/mol. The zero-order valence-corrected chi connectivity index (χ0v) is 17.3. The van der Waals surface area contributed by atoms with Gasteiger partial charge in [-0.3, -0.25) is 9.59 Å². The van der Waals surface area contributed by atoms with Crippen molar-refractivity contribution in [2.24, 2.45) is 0 Å². The van der Waals surface area contributed by atoms with Crippen LogP contribution in [0.5, 0.6) is 0 Å². The highest BCUT2D eigenvalue weighted by Crippen LogP contribution is 2.20. The van der Waals surface area contributed by atoms with Crippen LogP contribution in [0.4, 0.5) is 5.69 Å². The number of furan rings is 1. The van der Waals surface area contributed by atoms with Crippen molar-refractivity contribution in [3.8, 4) is 0 Å². The normalized spacial score (nSPS) is 11.0. The molecule has 0 unspecified atom stereocenters. The van der Waals surface area contributed by atoms with E-state index in [1.54, 1.807) is 36.4 Å². The number of hydrogen-bond donors (Lipinski definition) is 1. The Bertz CT molecular complexity index is 1210. The molecule has 0 radical (unpaired) electrons. The number of ether oxygens (including phenoxy) is 1. The maximum Gasteiger partial charge on any atom is 0.375 e. The monoisotopic (exact) mass is 441 g/mol. The first-order valence-electron chi connectivity index (χ1n) is 9.18. The summed E-state index contributed by atoms with van der Waals surface area (Å²) < 4.78 is 35.1. The molecular formula is C22H19NO7S. The Morgan fingerprint density at radius 1 is 1.00 bits per heavy atom. The highest BCUT2D eigenvalue weighted by atomic mass is 32.2. The van der Waals surface area contributed by atoms with Gasteiger partial charge in [0.15, 0.2) is 22.2 Å². The van der Waals surface area contributed by atoms with Gasteiger partial charge in [0.25, 0.3) is 5.91 Å². The minimum Gasteiger partial charge on any atom is -0.457 e. The van der Waals surface area contributed by atoms with Crippen LogP contribution in [0.15, 0.2) is 76.2 Å². The van der Waals surface area contributed by atoms with Gasteiger partial charge in [-0.25, -0.2) is 13.2 Å². The number of amides is 1. The van der Waals surface area contributed by atoms with E-state index >= 15 is 0 Å². The molecule has 1 N–H and O–H groups in total. The fourth-order valence-electron chi connectivity index (χ4n) is 2.75. The number of ketones is 1. The summed E-state index contributed by atoms with van der Waals surface area (Å²) in [5, 5.41) is 2.52. The predicted octanol–water partition coefficient (Wildman–Crippen LogP) is 3.25. The third-order valence-electron chi connectivity index (χ3n) is 4.27. The fourth-order valence-corrected chi connectivity index (χ4v) is 4.13. The molecule has 3 rings (SSSR count). The van der Waals surface area contributed by atoms with Crippen LogP contribution >= 0.6 is 0 Å². The molecule has 1 aromatic heterocycles. The van der Waals surface area contributed by atoms with Crippen molar-refractivity contribution in [1.29, 1.82) is 0 Å². The van der Waals surface area contributed by atoms with Crippen molar-refractivity contribution >= 4 is 33.2 Å². The van der Waals surface area contributed by atoms with Crippen molar-refractivity contribution in [3.05, 3.63) is 83.8 Å². The molecule has 0 fully saturated rings. The van der Waals surface area contributed by atoms with Crippen molar-refractivity contribution in [3.63, 3.8) is 0 Å². The van der Waals surface area contributed by atoms with Gasteiger partial charge in [-0.2, -0.15) is 0 Å². The lowest BCUT2D eigenvalue weighted by Gasteiger charge is -2.08. The first kappa shape index (κ1) is 22.0. The molecule has 1 amide bonds. The van der Waals surface area contributed by atoms with Crippen LogP contribution in [0.1, 0.15) is 33.4 Å². The summed E-state index contributed by atoms with van der Waals surface area (Å²) in [6.45, 7) is 0.788. The third-order valence-corrected chi connectivity index (χ3v) is 5.95. The van der Waals surface area contributed by atoms with Gasteiger partial charge >= 0.3 is 5.97 Å². The largest absolute Gasteiger partial charge is 0.457 e. The van der Waals surface area contributed by atoms with Gasteiger partial charge in [0.1, 0.15) is 0 Å². The van der Waals surface area contributed by atoms with Crippen LogP contribution in [0.2, 0.25) is 0 Å². The van der Waals surface area contributed by atoms with Crippen LogP contribution in [0, 0.1) is 0 Å². The molecule has 8 nitrogen and oxygen atoms in total. The predicted molar refractivity (Wildman–Crippen MR) is 111 cm³/mol. The van der Waals surface area contributed by atoms with Gasteiger partial charge in [0.05, 0.1) is 16.9 Å². The van der Waals surface area contributed by atoms with Crippen molar-refractivity contribution in [1.82, 2.24) is 0 Å². The summed E-state index contributed by atoms with van der Waals surface area (Å²) in [5.74, 6) is -2.48. The molecule has 2 aromatic carbocycles. The van der Waals surface area contributed by atoms with Crippen LogP contribution in [-0.4, -0.2) is 32.7 Å². The minimum absolute atomic E-state index is 0.114. The molecule has 0 aliphatic rings. The Hall–Kier alpha value is -3.72. The first-order chi connectivity index (χ1) is 14.8. The van der Waals surface area contributed by atoms with Gasteiger partial charge < -0.3 is 14.5 Å². The molecule has 0 aliphatic carbocycles. The van der Waals surface area contributed by atoms with E-state index in [9.17, 15) is 22.8 Å². The molecule has 0 saturated heterocycles. The highest BCUT2D eigenvalue weighted by Gasteiger charge is 2.24. The maximum absolute atomic E-state index is 12.5.